The summed E-state index contributed by atoms with van der Waals surface area (Å²) in [6.45, 7) is 10.2. The van der Waals surface area contributed by atoms with Gasteiger partial charge in [-0.2, -0.15) is 0 Å². The Hall–Kier alpha value is -4.02. The zero-order valence-corrected chi connectivity index (χ0v) is 30.1. The van der Waals surface area contributed by atoms with Crippen LogP contribution in [0.25, 0.3) is 10.9 Å². The molecule has 2 aliphatic rings. The Morgan fingerprint density at radius 3 is 2.49 bits per heavy atom. The Morgan fingerprint density at radius 1 is 1.06 bits per heavy atom. The fourth-order valence-corrected chi connectivity index (χ4v) is 6.90. The molecule has 2 heterocycles. The van der Waals surface area contributed by atoms with Crippen LogP contribution in [-0.2, 0) is 38.5 Å². The fourth-order valence-electron chi connectivity index (χ4n) is 6.36. The maximum Gasteiger partial charge on any atom is 0.408 e. The monoisotopic (exact) mass is 709 g/mol. The number of alkyl carbamates (subject to hydrolysis) is 1. The van der Waals surface area contributed by atoms with E-state index in [-0.39, 0.29) is 30.8 Å². The molecule has 10 nitrogen and oxygen atoms in total. The number of hydrogen-bond donors (Lipinski definition) is 4. The standard InChI is InChI=1S/C37H45Cl2N5O5/c1-6-21(3)30(43-36(47)49-20-24-11-9-8-10-12-24)33(45)44-37(35(46)42-31(22(4)7-2)34-40-23(5)14-16-48-34)15-13-29-27(19-37)26-17-25(38)18-28(39)32(26)41-29/h8-12,14,17-18,21-22,30-31,41H,6-7,13,15-16,19-20H2,1-5H3,(H,42,46)(H,43,47)(H,44,45)/t21?,22?,30-,31-,37+/m0/s1. The van der Waals surface area contributed by atoms with Crippen LogP contribution in [0.3, 0.4) is 0 Å². The number of carbonyl (C=O) groups is 3. The molecule has 0 fully saturated rings. The summed E-state index contributed by atoms with van der Waals surface area (Å²) >= 11 is 13.0. The molecule has 0 saturated carbocycles. The maximum atomic E-state index is 14.7. The molecule has 5 rings (SSSR count). The average Bonchev–Trinajstić information content (AvgIpc) is 3.46. The molecule has 1 aliphatic carbocycles. The Bertz CT molecular complexity index is 1760. The van der Waals surface area contributed by atoms with Crippen LogP contribution in [0.1, 0.15) is 70.7 Å². The van der Waals surface area contributed by atoms with Crippen molar-refractivity contribution in [3.05, 3.63) is 81.1 Å². The molecular formula is C37H45Cl2N5O5. The maximum absolute atomic E-state index is 14.7. The first-order valence-corrected chi connectivity index (χ1v) is 17.7. The first kappa shape index (κ1) is 36.3. The number of halogens is 2. The molecule has 1 aliphatic heterocycles. The second-order valence-electron chi connectivity index (χ2n) is 13.2. The van der Waals surface area contributed by atoms with Crippen LogP contribution in [0.15, 0.2) is 59.2 Å². The largest absolute Gasteiger partial charge is 0.475 e. The van der Waals surface area contributed by atoms with Crippen molar-refractivity contribution in [2.24, 2.45) is 16.8 Å². The van der Waals surface area contributed by atoms with Gasteiger partial charge in [-0.15, -0.1) is 0 Å². The van der Waals surface area contributed by atoms with Crippen LogP contribution in [0.5, 0.6) is 0 Å². The Kier molecular flexibility index (Phi) is 11.6. The van der Waals surface area contributed by atoms with Crippen LogP contribution in [-0.4, -0.2) is 53.0 Å². The van der Waals surface area contributed by atoms with Gasteiger partial charge in [0.15, 0.2) is 0 Å². The molecule has 3 aromatic rings. The molecule has 5 atom stereocenters. The number of allylic oxidation sites excluding steroid dienone is 1. The number of aromatic amines is 1. The van der Waals surface area contributed by atoms with Crippen molar-refractivity contribution >= 4 is 57.9 Å². The lowest BCUT2D eigenvalue weighted by Gasteiger charge is -2.40. The van der Waals surface area contributed by atoms with Gasteiger partial charge in [-0.1, -0.05) is 94.1 Å². The smallest absolute Gasteiger partial charge is 0.408 e. The number of hydrogen-bond acceptors (Lipinski definition) is 6. The molecule has 12 heteroatoms. The van der Waals surface area contributed by atoms with Gasteiger partial charge in [-0.05, 0) is 60.9 Å². The summed E-state index contributed by atoms with van der Waals surface area (Å²) in [6.07, 6.45) is 3.43. The Labute approximate surface area is 297 Å². The van der Waals surface area contributed by atoms with Crippen molar-refractivity contribution in [1.29, 1.82) is 0 Å². The summed E-state index contributed by atoms with van der Waals surface area (Å²) in [5.41, 5.74) is 2.75. The van der Waals surface area contributed by atoms with Crippen molar-refractivity contribution in [1.82, 2.24) is 20.9 Å². The first-order valence-electron chi connectivity index (χ1n) is 16.9. The van der Waals surface area contributed by atoms with Crippen molar-refractivity contribution < 1.29 is 23.9 Å². The number of nitrogens with zero attached hydrogens (tertiary/aromatic N) is 1. The Morgan fingerprint density at radius 2 is 1.80 bits per heavy atom. The average molecular weight is 711 g/mol. The second-order valence-corrected chi connectivity index (χ2v) is 14.0. The number of fused-ring (bicyclic) bond motifs is 3. The molecule has 4 N–H and O–H groups in total. The number of ether oxygens (including phenoxy) is 2. The lowest BCUT2D eigenvalue weighted by atomic mass is 9.78. The Balaban J connectivity index is 1.48. The number of aryl methyl sites for hydroxylation is 1. The van der Waals surface area contributed by atoms with Crippen molar-refractivity contribution in [2.75, 3.05) is 6.61 Å². The van der Waals surface area contributed by atoms with Crippen LogP contribution < -0.4 is 16.0 Å². The van der Waals surface area contributed by atoms with Crippen molar-refractivity contribution in [2.45, 2.75) is 91.0 Å². The number of amides is 3. The molecule has 0 saturated heterocycles. The number of carbonyl (C=O) groups excluding carboxylic acids is 3. The number of H-pyrrole nitrogens is 1. The molecule has 2 unspecified atom stereocenters. The predicted octanol–water partition coefficient (Wildman–Crippen LogP) is 7.02. The highest BCUT2D eigenvalue weighted by Crippen LogP contribution is 2.38. The number of aliphatic imine (C=N–C) groups is 1. The molecule has 1 aromatic heterocycles. The third kappa shape index (κ3) is 8.24. The van der Waals surface area contributed by atoms with Gasteiger partial charge in [-0.3, -0.25) is 9.59 Å². The summed E-state index contributed by atoms with van der Waals surface area (Å²) in [4.78, 5) is 50.1. The molecule has 0 bridgehead atoms. The molecule has 2 aromatic carbocycles. The van der Waals surface area contributed by atoms with E-state index in [4.69, 9.17) is 32.7 Å². The van der Waals surface area contributed by atoms with Gasteiger partial charge in [0.05, 0.1) is 10.5 Å². The molecule has 3 amide bonds. The van der Waals surface area contributed by atoms with E-state index in [1.54, 1.807) is 6.07 Å². The van der Waals surface area contributed by atoms with Crippen LogP contribution >= 0.6 is 23.2 Å². The SMILES string of the molecule is CCC(C)[C@H](NC(=O)OCc1ccccc1)C(=O)N[C@]1(C(=O)N[C@H](C2=NC(C)=CCO2)C(C)CC)CCc2[nH]c3c(Cl)cc(Cl)cc3c2C1. The normalized spacial score (nSPS) is 19.7. The summed E-state index contributed by atoms with van der Waals surface area (Å²) in [6, 6.07) is 11.3. The number of aromatic nitrogens is 1. The van der Waals surface area contributed by atoms with E-state index >= 15 is 0 Å². The van der Waals surface area contributed by atoms with Crippen LogP contribution in [0.2, 0.25) is 10.0 Å². The molecular weight excluding hydrogens is 665 g/mol. The summed E-state index contributed by atoms with van der Waals surface area (Å²) < 4.78 is 11.4. The minimum Gasteiger partial charge on any atom is -0.475 e. The lowest BCUT2D eigenvalue weighted by molar-refractivity contribution is -0.136. The van der Waals surface area contributed by atoms with Crippen molar-refractivity contribution in [3.8, 4) is 0 Å². The summed E-state index contributed by atoms with van der Waals surface area (Å²) in [5.74, 6) is -0.688. The van der Waals surface area contributed by atoms with Gasteiger partial charge >= 0.3 is 6.09 Å². The minimum atomic E-state index is -1.39. The van der Waals surface area contributed by atoms with Gasteiger partial charge in [0.1, 0.15) is 30.8 Å². The highest BCUT2D eigenvalue weighted by Gasteiger charge is 2.47. The van der Waals surface area contributed by atoms with Gasteiger partial charge in [0, 0.05) is 28.2 Å². The second kappa shape index (κ2) is 15.7. The van der Waals surface area contributed by atoms with Crippen molar-refractivity contribution in [3.63, 3.8) is 0 Å². The number of rotatable bonds is 12. The highest BCUT2D eigenvalue weighted by atomic mass is 35.5. The predicted molar refractivity (Wildman–Crippen MR) is 193 cm³/mol. The van der Waals surface area contributed by atoms with Gasteiger partial charge < -0.3 is 30.4 Å². The van der Waals surface area contributed by atoms with Gasteiger partial charge in [0.2, 0.25) is 17.7 Å². The van der Waals surface area contributed by atoms with E-state index in [0.29, 0.717) is 41.8 Å². The summed E-state index contributed by atoms with van der Waals surface area (Å²) in [5, 5.41) is 10.9. The van der Waals surface area contributed by atoms with E-state index in [1.807, 2.05) is 77.1 Å². The third-order valence-corrected chi connectivity index (χ3v) is 10.3. The highest BCUT2D eigenvalue weighted by molar-refractivity contribution is 6.38. The van der Waals surface area contributed by atoms with E-state index < -0.39 is 29.6 Å². The number of benzene rings is 2. The first-order chi connectivity index (χ1) is 23.4. The van der Waals surface area contributed by atoms with E-state index in [1.165, 1.54) is 0 Å². The van der Waals surface area contributed by atoms with Crippen LogP contribution in [0.4, 0.5) is 4.79 Å². The summed E-state index contributed by atoms with van der Waals surface area (Å²) in [7, 11) is 0. The molecule has 0 radical (unpaired) electrons. The zero-order valence-electron chi connectivity index (χ0n) is 28.6. The topological polar surface area (TPSA) is 134 Å². The third-order valence-electron chi connectivity index (χ3n) is 9.74. The minimum absolute atomic E-state index is 0.0138. The van der Waals surface area contributed by atoms with E-state index in [2.05, 4.69) is 25.9 Å². The van der Waals surface area contributed by atoms with E-state index in [0.717, 1.165) is 39.8 Å². The van der Waals surface area contributed by atoms with Crippen LogP contribution in [0, 0.1) is 11.8 Å². The quantitative estimate of drug-likeness (QED) is 0.160. The van der Waals surface area contributed by atoms with Gasteiger partial charge in [-0.25, -0.2) is 9.79 Å². The van der Waals surface area contributed by atoms with Gasteiger partial charge in [0.25, 0.3) is 0 Å². The molecule has 49 heavy (non-hydrogen) atoms. The fraction of sp³-hybridized carbons (Fsp3) is 0.459. The molecule has 262 valence electrons. The van der Waals surface area contributed by atoms with E-state index in [9.17, 15) is 14.4 Å². The lowest BCUT2D eigenvalue weighted by Crippen LogP contribution is -2.67. The number of nitrogens with one attached hydrogen (secondary N) is 4. The molecule has 0 spiro atoms. The zero-order chi connectivity index (χ0) is 35.3.